The summed E-state index contributed by atoms with van der Waals surface area (Å²) < 4.78 is 0. The van der Waals surface area contributed by atoms with Gasteiger partial charge in [-0.15, -0.1) is 10.2 Å². The van der Waals surface area contributed by atoms with Gasteiger partial charge in [-0.25, -0.2) is 0 Å². The fraction of sp³-hybridized carbons (Fsp3) is 0.167. The Morgan fingerprint density at radius 3 is 1.33 bits per heavy atom. The number of aryl methyl sites for hydroxylation is 2. The first-order valence-corrected chi connectivity index (χ1v) is 10.2. The molecule has 1 aliphatic carbocycles. The average Bonchev–Trinajstić information content (AvgIpc) is 3.45. The summed E-state index contributed by atoms with van der Waals surface area (Å²) in [5.41, 5.74) is 6.23. The SMILES string of the molecule is c1ccc(-n2nc3c(n2)CCCC3)cc1.c1ccc(-n2nc3ccccc3n2)cc1. The van der Waals surface area contributed by atoms with Crippen molar-refractivity contribution < 1.29 is 0 Å². The van der Waals surface area contributed by atoms with Crippen LogP contribution in [0.1, 0.15) is 24.2 Å². The fourth-order valence-corrected chi connectivity index (χ4v) is 3.55. The third kappa shape index (κ3) is 3.85. The molecule has 0 amide bonds. The van der Waals surface area contributed by atoms with Crippen molar-refractivity contribution in [1.82, 2.24) is 30.0 Å². The second-order valence-corrected chi connectivity index (χ2v) is 7.24. The lowest BCUT2D eigenvalue weighted by Gasteiger charge is -2.04. The zero-order valence-corrected chi connectivity index (χ0v) is 16.6. The van der Waals surface area contributed by atoms with Gasteiger partial charge in [0.15, 0.2) is 0 Å². The number of para-hydroxylation sites is 2. The number of hydrogen-bond acceptors (Lipinski definition) is 4. The lowest BCUT2D eigenvalue weighted by atomic mass is 10.0. The van der Waals surface area contributed by atoms with Crippen LogP contribution in [-0.2, 0) is 12.8 Å². The maximum atomic E-state index is 4.53. The molecule has 0 saturated heterocycles. The van der Waals surface area contributed by atoms with Crippen LogP contribution in [0.15, 0.2) is 84.9 Å². The van der Waals surface area contributed by atoms with Gasteiger partial charge in [0.25, 0.3) is 0 Å². The molecule has 3 aromatic carbocycles. The Morgan fingerprint density at radius 2 is 0.867 bits per heavy atom. The Labute approximate surface area is 174 Å². The summed E-state index contributed by atoms with van der Waals surface area (Å²) in [5, 5.41) is 17.8. The molecule has 0 aliphatic heterocycles. The number of rotatable bonds is 2. The third-order valence-corrected chi connectivity index (χ3v) is 5.10. The maximum Gasteiger partial charge on any atom is 0.113 e. The van der Waals surface area contributed by atoms with E-state index in [2.05, 4.69) is 20.4 Å². The van der Waals surface area contributed by atoms with Gasteiger partial charge < -0.3 is 0 Å². The van der Waals surface area contributed by atoms with E-state index in [0.717, 1.165) is 35.2 Å². The van der Waals surface area contributed by atoms with Crippen molar-refractivity contribution in [2.75, 3.05) is 0 Å². The second-order valence-electron chi connectivity index (χ2n) is 7.24. The van der Waals surface area contributed by atoms with E-state index >= 15 is 0 Å². The minimum atomic E-state index is 0.918. The average molecular weight is 394 g/mol. The zero-order valence-electron chi connectivity index (χ0n) is 16.6. The van der Waals surface area contributed by atoms with Gasteiger partial charge in [0.2, 0.25) is 0 Å². The van der Waals surface area contributed by atoms with E-state index in [1.807, 2.05) is 84.9 Å². The molecule has 0 unspecified atom stereocenters. The maximum absolute atomic E-state index is 4.53. The molecule has 0 radical (unpaired) electrons. The fourth-order valence-electron chi connectivity index (χ4n) is 3.55. The highest BCUT2D eigenvalue weighted by Gasteiger charge is 2.15. The molecule has 1 aliphatic rings. The van der Waals surface area contributed by atoms with E-state index in [-0.39, 0.29) is 0 Å². The van der Waals surface area contributed by atoms with Gasteiger partial charge in [0.1, 0.15) is 11.0 Å². The number of hydrogen-bond donors (Lipinski definition) is 0. The Bertz CT molecular complexity index is 1180. The molecule has 2 heterocycles. The van der Waals surface area contributed by atoms with E-state index in [1.54, 1.807) is 9.59 Å². The molecule has 148 valence electrons. The molecule has 30 heavy (non-hydrogen) atoms. The van der Waals surface area contributed by atoms with E-state index in [1.165, 1.54) is 24.2 Å². The van der Waals surface area contributed by atoms with Crippen LogP contribution in [0.3, 0.4) is 0 Å². The van der Waals surface area contributed by atoms with Crippen LogP contribution in [0.25, 0.3) is 22.4 Å². The van der Waals surface area contributed by atoms with Crippen molar-refractivity contribution in [3.05, 3.63) is 96.3 Å². The molecule has 6 heteroatoms. The first kappa shape index (κ1) is 18.2. The van der Waals surface area contributed by atoms with Crippen molar-refractivity contribution in [3.63, 3.8) is 0 Å². The van der Waals surface area contributed by atoms with Gasteiger partial charge in [-0.1, -0.05) is 48.5 Å². The normalized spacial score (nSPS) is 12.8. The summed E-state index contributed by atoms with van der Waals surface area (Å²) >= 11 is 0. The Hall–Kier alpha value is -3.80. The quantitative estimate of drug-likeness (QED) is 0.440. The van der Waals surface area contributed by atoms with Gasteiger partial charge in [-0.2, -0.15) is 19.8 Å². The van der Waals surface area contributed by atoms with Crippen molar-refractivity contribution >= 4 is 11.0 Å². The number of aromatic nitrogens is 6. The topological polar surface area (TPSA) is 61.4 Å². The smallest absolute Gasteiger partial charge is 0.113 e. The minimum Gasteiger partial charge on any atom is -0.153 e. The van der Waals surface area contributed by atoms with E-state index in [4.69, 9.17) is 0 Å². The molecule has 0 saturated carbocycles. The molecule has 0 bridgehead atoms. The van der Waals surface area contributed by atoms with Crippen molar-refractivity contribution in [3.8, 4) is 11.4 Å². The molecule has 5 aromatic rings. The Balaban J connectivity index is 0.000000128. The predicted octanol–water partition coefficient (Wildman–Crippen LogP) is 4.57. The molecule has 6 nitrogen and oxygen atoms in total. The highest BCUT2D eigenvalue weighted by molar-refractivity contribution is 5.73. The summed E-state index contributed by atoms with van der Waals surface area (Å²) in [5.74, 6) is 0. The summed E-state index contributed by atoms with van der Waals surface area (Å²) in [6, 6.07) is 27.8. The Kier molecular flexibility index (Phi) is 5.04. The first-order valence-electron chi connectivity index (χ1n) is 10.2. The summed E-state index contributed by atoms with van der Waals surface area (Å²) in [6.07, 6.45) is 4.67. The predicted molar refractivity (Wildman–Crippen MR) is 117 cm³/mol. The van der Waals surface area contributed by atoms with Crippen LogP contribution in [0.2, 0.25) is 0 Å². The van der Waals surface area contributed by atoms with E-state index < -0.39 is 0 Å². The monoisotopic (exact) mass is 394 g/mol. The first-order chi connectivity index (χ1) is 14.9. The van der Waals surface area contributed by atoms with Gasteiger partial charge >= 0.3 is 0 Å². The third-order valence-electron chi connectivity index (χ3n) is 5.10. The van der Waals surface area contributed by atoms with E-state index in [0.29, 0.717) is 0 Å². The van der Waals surface area contributed by atoms with Crippen LogP contribution in [0.4, 0.5) is 0 Å². The van der Waals surface area contributed by atoms with Crippen molar-refractivity contribution in [1.29, 1.82) is 0 Å². The van der Waals surface area contributed by atoms with Crippen LogP contribution in [0, 0.1) is 0 Å². The summed E-state index contributed by atoms with van der Waals surface area (Å²) in [7, 11) is 0. The standard InChI is InChI=1S/C12H13N3.C12H9N3/c2*1-2-6-10(7-3-1)15-13-11-8-4-5-9-12(11)14-15/h1-3,6-7H,4-5,8-9H2;1-9H. The second kappa shape index (κ2) is 8.29. The summed E-state index contributed by atoms with van der Waals surface area (Å²) in [4.78, 5) is 3.42. The number of fused-ring (bicyclic) bond motifs is 2. The molecule has 0 fully saturated rings. The molecule has 6 rings (SSSR count). The van der Waals surface area contributed by atoms with Gasteiger partial charge in [-0.3, -0.25) is 0 Å². The number of nitrogens with zero attached hydrogens (tertiary/aromatic N) is 6. The molecular formula is C24H22N6. The zero-order chi connectivity index (χ0) is 20.2. The van der Waals surface area contributed by atoms with Gasteiger partial charge in [0.05, 0.1) is 22.8 Å². The largest absolute Gasteiger partial charge is 0.153 e. The lowest BCUT2D eigenvalue weighted by Crippen LogP contribution is -2.00. The molecule has 0 atom stereocenters. The molecular weight excluding hydrogens is 372 g/mol. The van der Waals surface area contributed by atoms with Crippen molar-refractivity contribution in [2.24, 2.45) is 0 Å². The van der Waals surface area contributed by atoms with Gasteiger partial charge in [-0.05, 0) is 62.1 Å². The molecule has 2 aromatic heterocycles. The van der Waals surface area contributed by atoms with E-state index in [9.17, 15) is 0 Å². The van der Waals surface area contributed by atoms with Crippen LogP contribution in [-0.4, -0.2) is 30.0 Å². The highest BCUT2D eigenvalue weighted by Crippen LogP contribution is 2.18. The minimum absolute atomic E-state index is 0.918. The number of benzene rings is 3. The highest BCUT2D eigenvalue weighted by atomic mass is 15.5. The van der Waals surface area contributed by atoms with Crippen LogP contribution < -0.4 is 0 Å². The van der Waals surface area contributed by atoms with Crippen LogP contribution >= 0.6 is 0 Å². The van der Waals surface area contributed by atoms with Crippen LogP contribution in [0.5, 0.6) is 0 Å². The van der Waals surface area contributed by atoms with Gasteiger partial charge in [0, 0.05) is 0 Å². The van der Waals surface area contributed by atoms with Crippen molar-refractivity contribution in [2.45, 2.75) is 25.7 Å². The Morgan fingerprint density at radius 1 is 0.467 bits per heavy atom. The summed E-state index contributed by atoms with van der Waals surface area (Å²) in [6.45, 7) is 0. The molecule has 0 spiro atoms. The molecule has 0 N–H and O–H groups in total. The lowest BCUT2D eigenvalue weighted by molar-refractivity contribution is 0.667.